The van der Waals surface area contributed by atoms with E-state index in [-0.39, 0.29) is 0 Å². The van der Waals surface area contributed by atoms with Gasteiger partial charge in [-0.05, 0) is 28.1 Å². The molecule has 0 aliphatic rings. The van der Waals surface area contributed by atoms with Crippen LogP contribution in [0.3, 0.4) is 0 Å². The molecule has 0 aliphatic heterocycles. The van der Waals surface area contributed by atoms with Crippen LogP contribution in [-0.2, 0) is 0 Å². The Kier molecular flexibility index (Phi) is 3.74. The smallest absolute Gasteiger partial charge is 0.142 e. The lowest BCUT2D eigenvalue weighted by atomic mass is 10.2. The van der Waals surface area contributed by atoms with Crippen LogP contribution in [0.4, 0.5) is 0 Å². The van der Waals surface area contributed by atoms with Gasteiger partial charge < -0.3 is 9.94 Å². The van der Waals surface area contributed by atoms with Crippen molar-refractivity contribution in [1.29, 1.82) is 0 Å². The number of hydrogen-bond donors (Lipinski definition) is 1. The molecule has 0 fully saturated rings. The zero-order valence-corrected chi connectivity index (χ0v) is 9.96. The molecule has 0 unspecified atom stereocenters. The predicted octanol–water partition coefficient (Wildman–Crippen LogP) is 3.03. The molecule has 0 amide bonds. The second-order valence-corrected chi connectivity index (χ2v) is 4.02. The molecular formula is C8H7Br2NO2. The molecular weight excluding hydrogens is 302 g/mol. The van der Waals surface area contributed by atoms with Gasteiger partial charge in [-0.3, -0.25) is 0 Å². The van der Waals surface area contributed by atoms with Crippen molar-refractivity contribution < 1.29 is 9.94 Å². The van der Waals surface area contributed by atoms with Crippen molar-refractivity contribution in [2.45, 2.75) is 0 Å². The Morgan fingerprint density at radius 3 is 2.69 bits per heavy atom. The average molecular weight is 309 g/mol. The first-order valence-electron chi connectivity index (χ1n) is 3.39. The molecule has 0 aliphatic carbocycles. The Balaban J connectivity index is 3.29. The number of ether oxygens (including phenoxy) is 1. The number of nitrogens with zero attached hydrogens (tertiary/aromatic N) is 1. The summed E-state index contributed by atoms with van der Waals surface area (Å²) in [5.41, 5.74) is 0.700. The fraction of sp³-hybridized carbons (Fsp3) is 0.125. The Bertz CT molecular complexity index is 339. The van der Waals surface area contributed by atoms with Crippen molar-refractivity contribution >= 4 is 38.1 Å². The van der Waals surface area contributed by atoms with E-state index < -0.39 is 0 Å². The molecule has 1 aromatic carbocycles. The average Bonchev–Trinajstić information content (AvgIpc) is 2.04. The molecule has 1 aromatic rings. The van der Waals surface area contributed by atoms with Crippen LogP contribution in [0.25, 0.3) is 0 Å². The third kappa shape index (κ3) is 2.45. The van der Waals surface area contributed by atoms with Crippen molar-refractivity contribution in [3.05, 3.63) is 26.6 Å². The van der Waals surface area contributed by atoms with Gasteiger partial charge in [-0.1, -0.05) is 21.1 Å². The van der Waals surface area contributed by atoms with Gasteiger partial charge in [0.2, 0.25) is 0 Å². The summed E-state index contributed by atoms with van der Waals surface area (Å²) in [6.45, 7) is 0. The van der Waals surface area contributed by atoms with Gasteiger partial charge >= 0.3 is 0 Å². The molecule has 1 rings (SSSR count). The van der Waals surface area contributed by atoms with E-state index in [4.69, 9.17) is 9.94 Å². The molecule has 0 saturated carbocycles. The molecule has 0 saturated heterocycles. The van der Waals surface area contributed by atoms with E-state index in [1.165, 1.54) is 6.21 Å². The lowest BCUT2D eigenvalue weighted by molar-refractivity contribution is 0.321. The molecule has 0 spiro atoms. The molecule has 1 N–H and O–H groups in total. The zero-order valence-electron chi connectivity index (χ0n) is 6.79. The number of oxime groups is 1. The maximum Gasteiger partial charge on any atom is 0.142 e. The van der Waals surface area contributed by atoms with E-state index in [0.717, 1.165) is 8.95 Å². The van der Waals surface area contributed by atoms with Crippen LogP contribution in [0.1, 0.15) is 5.56 Å². The molecule has 13 heavy (non-hydrogen) atoms. The van der Waals surface area contributed by atoms with E-state index in [9.17, 15) is 0 Å². The Morgan fingerprint density at radius 2 is 2.15 bits per heavy atom. The molecule has 3 nitrogen and oxygen atoms in total. The molecule has 0 atom stereocenters. The minimum atomic E-state index is 0.640. The number of hydrogen-bond acceptors (Lipinski definition) is 3. The summed E-state index contributed by atoms with van der Waals surface area (Å²) >= 11 is 6.65. The van der Waals surface area contributed by atoms with Crippen LogP contribution in [0.15, 0.2) is 26.2 Å². The van der Waals surface area contributed by atoms with Gasteiger partial charge in [-0.15, -0.1) is 0 Å². The molecule has 70 valence electrons. The van der Waals surface area contributed by atoms with Crippen LogP contribution in [-0.4, -0.2) is 18.5 Å². The minimum Gasteiger partial charge on any atom is -0.495 e. The monoisotopic (exact) mass is 307 g/mol. The van der Waals surface area contributed by atoms with Crippen molar-refractivity contribution in [3.8, 4) is 5.75 Å². The quantitative estimate of drug-likeness (QED) is 0.518. The van der Waals surface area contributed by atoms with Crippen molar-refractivity contribution in [1.82, 2.24) is 0 Å². The molecule has 0 heterocycles. The third-order valence-electron chi connectivity index (χ3n) is 1.44. The summed E-state index contributed by atoms with van der Waals surface area (Å²) in [6, 6.07) is 3.65. The summed E-state index contributed by atoms with van der Waals surface area (Å²) in [7, 11) is 1.56. The second kappa shape index (κ2) is 4.62. The SMILES string of the molecule is COc1c(Br)cc(Br)cc1C=NO. The van der Waals surface area contributed by atoms with E-state index in [2.05, 4.69) is 37.0 Å². The van der Waals surface area contributed by atoms with Crippen LogP contribution in [0.2, 0.25) is 0 Å². The highest BCUT2D eigenvalue weighted by Crippen LogP contribution is 2.31. The molecule has 0 aromatic heterocycles. The minimum absolute atomic E-state index is 0.640. The second-order valence-electron chi connectivity index (χ2n) is 2.25. The number of rotatable bonds is 2. The standard InChI is InChI=1S/C8H7Br2NO2/c1-13-8-5(4-11-12)2-6(9)3-7(8)10/h2-4,12H,1H3. The summed E-state index contributed by atoms with van der Waals surface area (Å²) in [5, 5.41) is 11.4. The maximum atomic E-state index is 8.40. The lowest BCUT2D eigenvalue weighted by Gasteiger charge is -2.06. The van der Waals surface area contributed by atoms with Crippen molar-refractivity contribution in [3.63, 3.8) is 0 Å². The van der Waals surface area contributed by atoms with Crippen LogP contribution in [0.5, 0.6) is 5.75 Å². The Hall–Kier alpha value is -0.550. The van der Waals surface area contributed by atoms with E-state index >= 15 is 0 Å². The van der Waals surface area contributed by atoms with E-state index in [1.54, 1.807) is 13.2 Å². The van der Waals surface area contributed by atoms with Gasteiger partial charge in [-0.25, -0.2) is 0 Å². The fourth-order valence-corrected chi connectivity index (χ4v) is 2.37. The number of methoxy groups -OCH3 is 1. The first-order valence-corrected chi connectivity index (χ1v) is 4.98. The number of benzene rings is 1. The van der Waals surface area contributed by atoms with Crippen molar-refractivity contribution in [2.24, 2.45) is 5.16 Å². The Labute approximate surface area is 92.7 Å². The van der Waals surface area contributed by atoms with Gasteiger partial charge in [-0.2, -0.15) is 0 Å². The predicted molar refractivity (Wildman–Crippen MR) is 57.8 cm³/mol. The van der Waals surface area contributed by atoms with Crippen LogP contribution in [0, 0.1) is 0 Å². The first kappa shape index (κ1) is 10.5. The van der Waals surface area contributed by atoms with Gasteiger partial charge in [0, 0.05) is 10.0 Å². The molecule has 0 bridgehead atoms. The largest absolute Gasteiger partial charge is 0.495 e. The van der Waals surface area contributed by atoms with E-state index in [1.807, 2.05) is 6.07 Å². The van der Waals surface area contributed by atoms with Gasteiger partial charge in [0.05, 0.1) is 17.8 Å². The lowest BCUT2D eigenvalue weighted by Crippen LogP contribution is -1.92. The topological polar surface area (TPSA) is 41.8 Å². The Morgan fingerprint density at radius 1 is 1.46 bits per heavy atom. The highest BCUT2D eigenvalue weighted by Gasteiger charge is 2.06. The summed E-state index contributed by atoms with van der Waals surface area (Å²) in [4.78, 5) is 0. The fourth-order valence-electron chi connectivity index (χ4n) is 0.954. The summed E-state index contributed by atoms with van der Waals surface area (Å²) in [5.74, 6) is 0.640. The van der Waals surface area contributed by atoms with Gasteiger partial charge in [0.25, 0.3) is 0 Å². The maximum absolute atomic E-state index is 8.40. The van der Waals surface area contributed by atoms with Crippen molar-refractivity contribution in [2.75, 3.05) is 7.11 Å². The highest BCUT2D eigenvalue weighted by molar-refractivity contribution is 9.11. The van der Waals surface area contributed by atoms with Gasteiger partial charge in [0.1, 0.15) is 5.75 Å². The molecule has 5 heteroatoms. The molecule has 0 radical (unpaired) electrons. The normalized spacial score (nSPS) is 10.7. The van der Waals surface area contributed by atoms with Crippen LogP contribution < -0.4 is 4.74 Å². The first-order chi connectivity index (χ1) is 6.19. The summed E-state index contributed by atoms with van der Waals surface area (Å²) in [6.07, 6.45) is 1.31. The highest BCUT2D eigenvalue weighted by atomic mass is 79.9. The van der Waals surface area contributed by atoms with Crippen LogP contribution >= 0.6 is 31.9 Å². The summed E-state index contributed by atoms with van der Waals surface area (Å²) < 4.78 is 6.80. The van der Waals surface area contributed by atoms with Gasteiger partial charge in [0.15, 0.2) is 0 Å². The zero-order chi connectivity index (χ0) is 9.84. The third-order valence-corrected chi connectivity index (χ3v) is 2.48. The van der Waals surface area contributed by atoms with E-state index in [0.29, 0.717) is 11.3 Å². The number of halogens is 2.